The zero-order valence-corrected chi connectivity index (χ0v) is 67.8. The lowest BCUT2D eigenvalue weighted by Gasteiger charge is -2.52. The van der Waals surface area contributed by atoms with Gasteiger partial charge in [-0.05, 0) is 19.3 Å². The number of hydrogen-bond acceptors (Lipinski definition) is 32. The number of aliphatic carboxylic acids is 2. The first kappa shape index (κ1) is 102. The van der Waals surface area contributed by atoms with Gasteiger partial charge in [-0.15, -0.1) is 0 Å². The van der Waals surface area contributed by atoms with Crippen molar-refractivity contribution in [2.45, 2.75) is 404 Å². The van der Waals surface area contributed by atoms with E-state index in [9.17, 15) is 121 Å². The number of rotatable bonds is 56. The first-order chi connectivity index (χ1) is 55.3. The normalized spacial score (nSPS) is 33.3. The van der Waals surface area contributed by atoms with Gasteiger partial charge in [0.25, 0.3) is 11.6 Å². The van der Waals surface area contributed by atoms with E-state index >= 15 is 0 Å². The van der Waals surface area contributed by atoms with Crippen LogP contribution < -0.4 is 21.3 Å². The molecule has 0 aliphatic carbocycles. The van der Waals surface area contributed by atoms with E-state index in [-0.39, 0.29) is 6.42 Å². The van der Waals surface area contributed by atoms with Crippen molar-refractivity contribution in [2.75, 3.05) is 39.6 Å². The van der Waals surface area contributed by atoms with Crippen LogP contribution in [-0.2, 0) is 76.1 Å². The lowest BCUT2D eigenvalue weighted by molar-refractivity contribution is -0.402. The molecule has 29 atom stereocenters. The highest BCUT2D eigenvalue weighted by Gasteiger charge is 2.64. The summed E-state index contributed by atoms with van der Waals surface area (Å²) in [6.07, 6.45) is -19.4. The third-order valence-corrected chi connectivity index (χ3v) is 22.0. The van der Waals surface area contributed by atoms with E-state index in [1.54, 1.807) is 6.08 Å². The number of amides is 4. The van der Waals surface area contributed by atoms with Gasteiger partial charge in [-0.3, -0.25) is 19.2 Å². The number of aliphatic hydroxyl groups is 16. The van der Waals surface area contributed by atoms with Crippen LogP contribution in [0, 0.1) is 0 Å². The van der Waals surface area contributed by atoms with Crippen molar-refractivity contribution in [1.82, 2.24) is 21.3 Å². The largest absolute Gasteiger partial charge is 0.477 e. The number of carboxylic acid groups (broad SMARTS) is 2. The molecule has 4 amide bonds. The summed E-state index contributed by atoms with van der Waals surface area (Å²) in [4.78, 5) is 79.1. The average molecular weight is 1680 g/mol. The fourth-order valence-corrected chi connectivity index (χ4v) is 15.4. The van der Waals surface area contributed by atoms with Crippen LogP contribution >= 0.6 is 0 Å². The molecule has 0 radical (unpaired) electrons. The molecular weight excluding hydrogens is 1540 g/mol. The molecule has 5 aliphatic heterocycles. The highest BCUT2D eigenvalue weighted by Crippen LogP contribution is 2.42. The van der Waals surface area contributed by atoms with Crippen molar-refractivity contribution in [1.29, 1.82) is 0 Å². The number of aliphatic hydroxyl groups excluding tert-OH is 16. The van der Waals surface area contributed by atoms with E-state index in [1.807, 2.05) is 0 Å². The number of hydrogen-bond donors (Lipinski definition) is 22. The molecule has 116 heavy (non-hydrogen) atoms. The van der Waals surface area contributed by atoms with Crippen LogP contribution in [-0.4, -0.2) is 344 Å². The third-order valence-electron chi connectivity index (χ3n) is 22.0. The summed E-state index contributed by atoms with van der Waals surface area (Å²) in [7, 11) is 0. The summed E-state index contributed by atoms with van der Waals surface area (Å²) in [5.41, 5.74) is 0. The van der Waals surface area contributed by atoms with Crippen LogP contribution in [0.2, 0.25) is 0 Å². The van der Waals surface area contributed by atoms with Crippen molar-refractivity contribution >= 4 is 35.6 Å². The van der Waals surface area contributed by atoms with E-state index < -0.39 is 265 Å². The standard InChI is InChI=1S/C78H138N4O34/c1-6-8-10-12-14-16-18-20-21-23-25-27-29-31-33-35-56(95)82-47(48(91)34-32-30-28-26-24-22-19-17-15-13-11-9-7-2)43-107-73-65(101)64(100)67(54(41-86)109-73)111-74-66(102)71(68(55(42-87)110-74)112-72-59(81-46(5)90)63(99)61(97)52(39-84)108-72)116-78(76(105)106)37-50(93)58(80-45(4)89)70(115-78)62(98)53(40-85)113-77(75(103)104)36-49(92)57(79-44(3)88)69(114-77)60(96)51(94)38-83/h32,34,47-55,57-74,83-87,91-94,96-102H,6-31,33,35-43H2,1-5H3,(H,79,88)(H,80,89)(H,81,90)(H,82,95)(H,103,104)(H,105,106)/b34-32+/t47-,48+,49-,50-,51+,52+,53+,54+,55+,57+,58+,59+,60+,61-,62+,63+,64+,65+,66+,67+,68-,69?,70?,71+,72-,73+,74-,77+,78-/m0/s1. The number of carbonyl (C=O) groups is 6. The van der Waals surface area contributed by atoms with Crippen molar-refractivity contribution in [3.05, 3.63) is 12.2 Å². The number of allylic oxidation sites excluding steroid dienone is 1. The van der Waals surface area contributed by atoms with E-state index in [0.29, 0.717) is 12.8 Å². The Kier molecular flexibility index (Phi) is 46.4. The maximum atomic E-state index is 14.2. The summed E-state index contributed by atoms with van der Waals surface area (Å²) in [5, 5.41) is 213. The Morgan fingerprint density at radius 1 is 0.466 bits per heavy atom. The molecule has 0 aromatic rings. The molecule has 5 saturated heterocycles. The van der Waals surface area contributed by atoms with E-state index in [1.165, 1.54) is 102 Å². The Hall–Kier alpha value is -4.48. The van der Waals surface area contributed by atoms with E-state index in [0.717, 1.165) is 85.0 Å². The van der Waals surface area contributed by atoms with Gasteiger partial charge in [-0.25, -0.2) is 9.59 Å². The molecule has 38 nitrogen and oxygen atoms in total. The highest BCUT2D eigenvalue weighted by atomic mass is 16.8. The lowest BCUT2D eigenvalue weighted by Crippen LogP contribution is -2.72. The van der Waals surface area contributed by atoms with Gasteiger partial charge in [0.15, 0.2) is 18.9 Å². The topological polar surface area (TPSA) is 607 Å². The number of nitrogens with one attached hydrogen (secondary N) is 4. The third kappa shape index (κ3) is 30.8. The van der Waals surface area contributed by atoms with Crippen LogP contribution in [0.1, 0.15) is 227 Å². The molecule has 5 heterocycles. The molecule has 5 aliphatic rings. The minimum atomic E-state index is -3.59. The fourth-order valence-electron chi connectivity index (χ4n) is 15.4. The molecule has 2 unspecified atom stereocenters. The highest BCUT2D eigenvalue weighted by molar-refractivity contribution is 5.78. The summed E-state index contributed by atoms with van der Waals surface area (Å²) >= 11 is 0. The van der Waals surface area contributed by atoms with Crippen LogP contribution in [0.4, 0.5) is 0 Å². The Morgan fingerprint density at radius 2 is 0.897 bits per heavy atom. The predicted octanol–water partition coefficient (Wildman–Crippen LogP) is -1.69. The monoisotopic (exact) mass is 1670 g/mol. The minimum absolute atomic E-state index is 0.113. The van der Waals surface area contributed by atoms with Gasteiger partial charge >= 0.3 is 11.9 Å². The molecule has 0 aromatic heterocycles. The second-order valence-electron chi connectivity index (χ2n) is 31.4. The number of carboxylic acids is 2. The van der Waals surface area contributed by atoms with Crippen molar-refractivity contribution in [2.24, 2.45) is 0 Å². The average Bonchev–Trinajstić information content (AvgIpc) is 0.745. The first-order valence-corrected chi connectivity index (χ1v) is 41.7. The predicted molar refractivity (Wildman–Crippen MR) is 407 cm³/mol. The lowest BCUT2D eigenvalue weighted by atomic mass is 9.87. The zero-order chi connectivity index (χ0) is 85.8. The molecule has 0 bridgehead atoms. The van der Waals surface area contributed by atoms with Gasteiger partial charge in [-0.2, -0.15) is 0 Å². The van der Waals surface area contributed by atoms with Gasteiger partial charge in [0.1, 0.15) is 110 Å². The minimum Gasteiger partial charge on any atom is -0.477 e. The summed E-state index contributed by atoms with van der Waals surface area (Å²) in [6, 6.07) is -6.82. The molecule has 674 valence electrons. The molecule has 0 spiro atoms. The SMILES string of the molecule is CCCCCCCCCCCCC/C=C/[C@@H](O)[C@H](CO[C@@H]1O[C@H](CO)[C@@H](O[C@@H]2O[C@H](CO)[C@H](O[C@@H]3O[C@H](CO)[C@H](O)[C@H](O)[C@H]3NC(C)=O)[C@H](O[C@]3(C(=O)O)C[C@H](O)[C@@H](NC(C)=O)C([C@H](O)[C@@H](CO)O[C@]4(C(=O)O)C[C@H](O)[C@@H](NC(C)=O)C([C@H](O)[C@H](O)CO)O4)O3)[C@H]2O)[C@H](O)[C@H]1O)NC(=O)CCCCCCCCCCCCCCCCC. The molecular formula is C78H138N4O34. The fraction of sp³-hybridized carbons (Fsp3) is 0.897. The van der Waals surface area contributed by atoms with Gasteiger partial charge in [0.05, 0.1) is 76.1 Å². The molecule has 5 rings (SSSR count). The second-order valence-corrected chi connectivity index (χ2v) is 31.4. The second kappa shape index (κ2) is 52.8. The Bertz CT molecular complexity index is 2860. The number of carbonyl (C=O) groups excluding carboxylic acids is 4. The Labute approximate surface area is 678 Å². The van der Waals surface area contributed by atoms with Gasteiger partial charge < -0.3 is 161 Å². The Balaban J connectivity index is 1.44. The van der Waals surface area contributed by atoms with Crippen molar-refractivity contribution < 1.29 is 168 Å². The Morgan fingerprint density at radius 3 is 1.37 bits per heavy atom. The maximum Gasteiger partial charge on any atom is 0.364 e. The summed E-state index contributed by atoms with van der Waals surface area (Å²) < 4.78 is 59.9. The maximum absolute atomic E-state index is 14.2. The van der Waals surface area contributed by atoms with Gasteiger partial charge in [-0.1, -0.05) is 180 Å². The number of unbranched alkanes of at least 4 members (excludes halogenated alkanes) is 25. The molecule has 22 N–H and O–H groups in total. The number of ether oxygens (including phenoxy) is 10. The first-order valence-electron chi connectivity index (χ1n) is 41.7. The molecule has 0 aromatic carbocycles. The van der Waals surface area contributed by atoms with Crippen LogP contribution in [0.25, 0.3) is 0 Å². The van der Waals surface area contributed by atoms with Crippen LogP contribution in [0.3, 0.4) is 0 Å². The van der Waals surface area contributed by atoms with Crippen molar-refractivity contribution in [3.63, 3.8) is 0 Å². The molecule has 0 saturated carbocycles. The van der Waals surface area contributed by atoms with Gasteiger partial charge in [0.2, 0.25) is 23.6 Å². The quantitative estimate of drug-likeness (QED) is 0.0239. The molecule has 38 heteroatoms. The van der Waals surface area contributed by atoms with E-state index in [2.05, 4.69) is 35.1 Å². The summed E-state index contributed by atoms with van der Waals surface area (Å²) in [6.45, 7) is 0.518. The smallest absolute Gasteiger partial charge is 0.364 e. The molecule has 5 fully saturated rings. The zero-order valence-electron chi connectivity index (χ0n) is 67.8. The van der Waals surface area contributed by atoms with Gasteiger partial charge in [0, 0.05) is 40.0 Å². The van der Waals surface area contributed by atoms with E-state index in [4.69, 9.17) is 47.4 Å². The van der Waals surface area contributed by atoms with Crippen LogP contribution in [0.5, 0.6) is 0 Å². The van der Waals surface area contributed by atoms with Crippen LogP contribution in [0.15, 0.2) is 12.2 Å². The van der Waals surface area contributed by atoms with Crippen molar-refractivity contribution in [3.8, 4) is 0 Å². The summed E-state index contributed by atoms with van der Waals surface area (Å²) in [5.74, 6) is -14.6.